The summed E-state index contributed by atoms with van der Waals surface area (Å²) in [4.78, 5) is 5.68. The number of benzene rings is 1. The Morgan fingerprint density at radius 2 is 2.19 bits per heavy atom. The van der Waals surface area contributed by atoms with Crippen LogP contribution in [0.25, 0.3) is 10.6 Å². The van der Waals surface area contributed by atoms with E-state index < -0.39 is 0 Å². The Morgan fingerprint density at radius 3 is 2.90 bits per heavy atom. The maximum Gasteiger partial charge on any atom is 0.136 e. The van der Waals surface area contributed by atoms with Gasteiger partial charge in [-0.05, 0) is 31.5 Å². The minimum absolute atomic E-state index is 0.191. The maximum atomic E-state index is 14.2. The van der Waals surface area contributed by atoms with E-state index in [2.05, 4.69) is 17.2 Å². The highest BCUT2D eigenvalue weighted by atomic mass is 32.1. The van der Waals surface area contributed by atoms with Gasteiger partial charge < -0.3 is 10.1 Å². The van der Waals surface area contributed by atoms with E-state index in [1.807, 2.05) is 6.07 Å². The zero-order valence-electron chi connectivity index (χ0n) is 12.7. The second kappa shape index (κ2) is 7.64. The van der Waals surface area contributed by atoms with Crippen LogP contribution >= 0.6 is 11.3 Å². The highest BCUT2D eigenvalue weighted by Crippen LogP contribution is 2.31. The number of hydrogen-bond donors (Lipinski definition) is 1. The Kier molecular flexibility index (Phi) is 5.85. The summed E-state index contributed by atoms with van der Waals surface area (Å²) < 4.78 is 19.4. The summed E-state index contributed by atoms with van der Waals surface area (Å²) in [5, 5.41) is 4.08. The third-order valence-corrected chi connectivity index (χ3v) is 4.32. The molecule has 0 aliphatic heterocycles. The maximum absolute atomic E-state index is 14.2. The van der Waals surface area contributed by atoms with Crippen molar-refractivity contribution in [2.24, 2.45) is 0 Å². The zero-order valence-corrected chi connectivity index (χ0v) is 13.5. The third kappa shape index (κ3) is 3.87. The summed E-state index contributed by atoms with van der Waals surface area (Å²) in [6, 6.07) is 5.41. The second-order valence-electron chi connectivity index (χ2n) is 4.94. The van der Waals surface area contributed by atoms with Gasteiger partial charge in [0.15, 0.2) is 0 Å². The van der Waals surface area contributed by atoms with Gasteiger partial charge in [0, 0.05) is 24.1 Å². The monoisotopic (exact) mass is 308 g/mol. The van der Waals surface area contributed by atoms with Gasteiger partial charge in [-0.15, -0.1) is 11.3 Å². The molecular formula is C16H21FN2OS. The summed E-state index contributed by atoms with van der Waals surface area (Å²) in [5.41, 5.74) is 2.10. The highest BCUT2D eigenvalue weighted by molar-refractivity contribution is 7.15. The fourth-order valence-electron chi connectivity index (χ4n) is 2.08. The number of rotatable bonds is 7. The predicted octanol–water partition coefficient (Wildman–Crippen LogP) is 3.90. The number of hydrogen-bond acceptors (Lipinski definition) is 4. The van der Waals surface area contributed by atoms with Crippen LogP contribution < -0.4 is 5.32 Å². The lowest BCUT2D eigenvalue weighted by Crippen LogP contribution is -2.14. The van der Waals surface area contributed by atoms with Crippen molar-refractivity contribution in [1.82, 2.24) is 10.3 Å². The molecule has 0 spiro atoms. The van der Waals surface area contributed by atoms with Crippen molar-refractivity contribution in [2.75, 3.05) is 13.7 Å². The summed E-state index contributed by atoms with van der Waals surface area (Å²) in [7, 11) is 1.65. The Labute approximate surface area is 129 Å². The first-order chi connectivity index (χ1) is 10.2. The average Bonchev–Trinajstić information content (AvgIpc) is 2.86. The summed E-state index contributed by atoms with van der Waals surface area (Å²) >= 11 is 1.53. The van der Waals surface area contributed by atoms with Crippen LogP contribution in [-0.2, 0) is 17.9 Å². The number of aromatic nitrogens is 1. The van der Waals surface area contributed by atoms with Crippen LogP contribution in [0.2, 0.25) is 0 Å². The van der Waals surface area contributed by atoms with Crippen LogP contribution in [0.5, 0.6) is 0 Å². The van der Waals surface area contributed by atoms with Crippen molar-refractivity contribution in [1.29, 1.82) is 0 Å². The fourth-order valence-corrected chi connectivity index (χ4v) is 3.13. The molecule has 0 saturated carbocycles. The molecule has 5 heteroatoms. The molecule has 0 bridgehead atoms. The SMILES string of the molecule is CCCNCc1sc(-c2cccc(C)c2F)nc1COC. The quantitative estimate of drug-likeness (QED) is 0.788. The largest absolute Gasteiger partial charge is 0.378 e. The Hall–Kier alpha value is -1.30. The van der Waals surface area contributed by atoms with Crippen molar-refractivity contribution >= 4 is 11.3 Å². The number of halogens is 1. The van der Waals surface area contributed by atoms with Gasteiger partial charge in [-0.3, -0.25) is 0 Å². The number of thiazole rings is 1. The topological polar surface area (TPSA) is 34.2 Å². The standard InChI is InChI=1S/C16H21FN2OS/c1-4-8-18-9-14-13(10-20-3)19-16(21-14)12-7-5-6-11(2)15(12)17/h5-7,18H,4,8-10H2,1-3H3. The van der Waals surface area contributed by atoms with E-state index in [0.717, 1.165) is 35.1 Å². The van der Waals surface area contributed by atoms with Crippen molar-refractivity contribution in [3.8, 4) is 10.6 Å². The smallest absolute Gasteiger partial charge is 0.136 e. The molecule has 1 N–H and O–H groups in total. The molecule has 2 rings (SSSR count). The normalized spacial score (nSPS) is 11.0. The lowest BCUT2D eigenvalue weighted by molar-refractivity contribution is 0.181. The molecule has 2 aromatic rings. The van der Waals surface area contributed by atoms with Gasteiger partial charge in [-0.2, -0.15) is 0 Å². The minimum Gasteiger partial charge on any atom is -0.378 e. The van der Waals surface area contributed by atoms with Crippen molar-refractivity contribution < 1.29 is 9.13 Å². The lowest BCUT2D eigenvalue weighted by atomic mass is 10.1. The van der Waals surface area contributed by atoms with E-state index in [9.17, 15) is 4.39 Å². The zero-order chi connectivity index (χ0) is 15.2. The first-order valence-corrected chi connectivity index (χ1v) is 7.92. The van der Waals surface area contributed by atoms with Gasteiger partial charge in [0.05, 0.1) is 12.3 Å². The first-order valence-electron chi connectivity index (χ1n) is 7.11. The van der Waals surface area contributed by atoms with E-state index in [-0.39, 0.29) is 5.82 Å². The predicted molar refractivity (Wildman–Crippen MR) is 85.0 cm³/mol. The summed E-state index contributed by atoms with van der Waals surface area (Å²) in [6.45, 7) is 6.05. The van der Waals surface area contributed by atoms with E-state index in [1.54, 1.807) is 26.2 Å². The molecule has 114 valence electrons. The van der Waals surface area contributed by atoms with Crippen molar-refractivity contribution in [3.05, 3.63) is 40.2 Å². The Balaban J connectivity index is 2.31. The van der Waals surface area contributed by atoms with Crippen LogP contribution in [-0.4, -0.2) is 18.6 Å². The third-order valence-electron chi connectivity index (χ3n) is 3.19. The van der Waals surface area contributed by atoms with Gasteiger partial charge >= 0.3 is 0 Å². The number of methoxy groups -OCH3 is 1. The van der Waals surface area contributed by atoms with Gasteiger partial charge in [-0.25, -0.2) is 9.37 Å². The van der Waals surface area contributed by atoms with Crippen LogP contribution in [0.15, 0.2) is 18.2 Å². The summed E-state index contributed by atoms with van der Waals surface area (Å²) in [6.07, 6.45) is 1.08. The van der Waals surface area contributed by atoms with Gasteiger partial charge in [-0.1, -0.05) is 19.1 Å². The van der Waals surface area contributed by atoms with Crippen LogP contribution in [0, 0.1) is 12.7 Å². The molecule has 0 fully saturated rings. The van der Waals surface area contributed by atoms with E-state index in [4.69, 9.17) is 4.74 Å². The van der Waals surface area contributed by atoms with Gasteiger partial charge in [0.25, 0.3) is 0 Å². The minimum atomic E-state index is -0.191. The second-order valence-corrected chi connectivity index (χ2v) is 6.02. The molecule has 1 heterocycles. The fraction of sp³-hybridized carbons (Fsp3) is 0.438. The van der Waals surface area contributed by atoms with Crippen LogP contribution in [0.3, 0.4) is 0 Å². The first kappa shape index (κ1) is 16.1. The van der Waals surface area contributed by atoms with Crippen molar-refractivity contribution in [2.45, 2.75) is 33.4 Å². The molecule has 0 aliphatic rings. The molecule has 0 unspecified atom stereocenters. The average molecular weight is 308 g/mol. The van der Waals surface area contributed by atoms with Crippen LogP contribution in [0.1, 0.15) is 29.5 Å². The summed E-state index contributed by atoms with van der Waals surface area (Å²) in [5.74, 6) is -0.191. The van der Waals surface area contributed by atoms with E-state index in [0.29, 0.717) is 17.7 Å². The highest BCUT2D eigenvalue weighted by Gasteiger charge is 2.15. The number of aryl methyl sites for hydroxylation is 1. The molecule has 3 nitrogen and oxygen atoms in total. The number of nitrogens with zero attached hydrogens (tertiary/aromatic N) is 1. The molecule has 1 aromatic carbocycles. The molecule has 21 heavy (non-hydrogen) atoms. The van der Waals surface area contributed by atoms with Crippen LogP contribution in [0.4, 0.5) is 4.39 Å². The van der Waals surface area contributed by atoms with Gasteiger partial charge in [0.2, 0.25) is 0 Å². The Bertz CT molecular complexity index is 598. The molecule has 0 atom stereocenters. The molecule has 0 aliphatic carbocycles. The number of ether oxygens (including phenoxy) is 1. The van der Waals surface area contributed by atoms with Crippen molar-refractivity contribution in [3.63, 3.8) is 0 Å². The molecule has 0 saturated heterocycles. The molecule has 0 radical (unpaired) electrons. The molecule has 0 amide bonds. The van der Waals surface area contributed by atoms with E-state index in [1.165, 1.54) is 11.3 Å². The van der Waals surface area contributed by atoms with Gasteiger partial charge in [0.1, 0.15) is 10.8 Å². The van der Waals surface area contributed by atoms with E-state index >= 15 is 0 Å². The Morgan fingerprint density at radius 1 is 1.38 bits per heavy atom. The lowest BCUT2D eigenvalue weighted by Gasteiger charge is -2.02. The number of nitrogens with one attached hydrogen (secondary N) is 1. The molecular weight excluding hydrogens is 287 g/mol. The molecule has 1 aromatic heterocycles.